The van der Waals surface area contributed by atoms with E-state index in [4.69, 9.17) is 9.47 Å². The van der Waals surface area contributed by atoms with E-state index >= 15 is 0 Å². The van der Waals surface area contributed by atoms with Gasteiger partial charge in [-0.25, -0.2) is 9.78 Å². The Morgan fingerprint density at radius 3 is 2.71 bits per heavy atom. The van der Waals surface area contributed by atoms with Crippen LogP contribution in [0.4, 0.5) is 10.5 Å². The van der Waals surface area contributed by atoms with Gasteiger partial charge in [0.1, 0.15) is 0 Å². The van der Waals surface area contributed by atoms with Gasteiger partial charge in [-0.3, -0.25) is 4.90 Å². The van der Waals surface area contributed by atoms with E-state index in [9.17, 15) is 4.79 Å². The molecule has 1 aliphatic carbocycles. The average Bonchev–Trinajstić information content (AvgIpc) is 3.13. The summed E-state index contributed by atoms with van der Waals surface area (Å²) < 4.78 is 10.5. The van der Waals surface area contributed by atoms with Crippen molar-refractivity contribution in [2.75, 3.05) is 57.9 Å². The van der Waals surface area contributed by atoms with Crippen molar-refractivity contribution in [1.82, 2.24) is 14.8 Å². The summed E-state index contributed by atoms with van der Waals surface area (Å²) in [6.07, 6.45) is 5.30. The summed E-state index contributed by atoms with van der Waals surface area (Å²) in [5.41, 5.74) is 1.42. The van der Waals surface area contributed by atoms with Gasteiger partial charge in [-0.2, -0.15) is 0 Å². The Morgan fingerprint density at radius 2 is 2.04 bits per heavy atom. The zero-order valence-electron chi connectivity index (χ0n) is 16.4. The SMILES string of the molecule is C.CCOC(=O)N1CC2(CCC(N3CCN(c4cccnc4OC)CC3)C2)C1. The molecule has 156 valence electrons. The lowest BCUT2D eigenvalue weighted by molar-refractivity contribution is -0.00294. The molecule has 1 unspecified atom stereocenters. The van der Waals surface area contributed by atoms with Gasteiger partial charge in [-0.15, -0.1) is 0 Å². The number of piperazine rings is 1. The molecule has 1 amide bonds. The second-order valence-corrected chi connectivity index (χ2v) is 8.01. The molecule has 7 heteroatoms. The van der Waals surface area contributed by atoms with Crippen molar-refractivity contribution in [1.29, 1.82) is 0 Å². The molecule has 2 saturated heterocycles. The maximum absolute atomic E-state index is 11.8. The van der Waals surface area contributed by atoms with Gasteiger partial charge in [-0.05, 0) is 38.3 Å². The third kappa shape index (κ3) is 3.90. The summed E-state index contributed by atoms with van der Waals surface area (Å²) in [5.74, 6) is 0.708. The number of anilines is 1. The molecule has 1 aromatic rings. The van der Waals surface area contributed by atoms with Crippen LogP contribution in [0.3, 0.4) is 0 Å². The molecule has 28 heavy (non-hydrogen) atoms. The van der Waals surface area contributed by atoms with Gasteiger partial charge in [0.15, 0.2) is 0 Å². The molecule has 7 nitrogen and oxygen atoms in total. The zero-order valence-corrected chi connectivity index (χ0v) is 16.4. The second kappa shape index (κ2) is 8.55. The van der Waals surface area contributed by atoms with E-state index < -0.39 is 0 Å². The Balaban J connectivity index is 0.00000225. The van der Waals surface area contributed by atoms with E-state index in [2.05, 4.69) is 20.9 Å². The van der Waals surface area contributed by atoms with Crippen molar-refractivity contribution in [2.45, 2.75) is 39.7 Å². The third-order valence-electron chi connectivity index (χ3n) is 6.37. The number of ether oxygens (including phenoxy) is 2. The first-order valence-electron chi connectivity index (χ1n) is 10.0. The van der Waals surface area contributed by atoms with Crippen LogP contribution in [0, 0.1) is 5.41 Å². The van der Waals surface area contributed by atoms with Crippen molar-refractivity contribution < 1.29 is 14.3 Å². The van der Waals surface area contributed by atoms with E-state index in [1.165, 1.54) is 19.3 Å². The number of pyridine rings is 1. The Hall–Kier alpha value is -2.02. The fraction of sp³-hybridized carbons (Fsp3) is 0.714. The average molecular weight is 391 g/mol. The number of hydrogen-bond donors (Lipinski definition) is 0. The van der Waals surface area contributed by atoms with Crippen LogP contribution in [0.25, 0.3) is 0 Å². The van der Waals surface area contributed by atoms with Gasteiger partial charge in [0.05, 0.1) is 19.4 Å². The normalized spacial score (nSPS) is 23.9. The molecule has 3 heterocycles. The summed E-state index contributed by atoms with van der Waals surface area (Å²) in [4.78, 5) is 23.0. The Labute approximate surface area is 168 Å². The minimum absolute atomic E-state index is 0. The highest BCUT2D eigenvalue weighted by Gasteiger charge is 2.51. The van der Waals surface area contributed by atoms with Crippen LogP contribution in [0.1, 0.15) is 33.6 Å². The lowest BCUT2D eigenvalue weighted by Gasteiger charge is -2.48. The quantitative estimate of drug-likeness (QED) is 0.788. The molecule has 1 spiro atoms. The van der Waals surface area contributed by atoms with Crippen LogP contribution in [-0.4, -0.2) is 79.9 Å². The first-order chi connectivity index (χ1) is 13.1. The molecule has 1 atom stereocenters. The maximum atomic E-state index is 11.8. The zero-order chi connectivity index (χ0) is 18.9. The number of aromatic nitrogens is 1. The van der Waals surface area contributed by atoms with Crippen molar-refractivity contribution in [2.24, 2.45) is 5.41 Å². The van der Waals surface area contributed by atoms with Gasteiger partial charge in [0.25, 0.3) is 0 Å². The van der Waals surface area contributed by atoms with Crippen LogP contribution >= 0.6 is 0 Å². The van der Waals surface area contributed by atoms with Crippen molar-refractivity contribution in [3.05, 3.63) is 18.3 Å². The highest BCUT2D eigenvalue weighted by atomic mass is 16.6. The third-order valence-corrected chi connectivity index (χ3v) is 6.37. The number of amides is 1. The molecule has 3 fully saturated rings. The fourth-order valence-corrected chi connectivity index (χ4v) is 4.99. The number of carbonyl (C=O) groups is 1. The molecule has 3 aliphatic rings. The van der Waals surface area contributed by atoms with Crippen LogP contribution in [0.15, 0.2) is 18.3 Å². The van der Waals surface area contributed by atoms with Crippen molar-refractivity contribution >= 4 is 11.8 Å². The Kier molecular flexibility index (Phi) is 6.33. The van der Waals surface area contributed by atoms with Gasteiger partial charge in [0, 0.05) is 56.9 Å². The predicted octanol–water partition coefficient (Wildman–Crippen LogP) is 2.86. The second-order valence-electron chi connectivity index (χ2n) is 8.01. The number of nitrogens with zero attached hydrogens (tertiary/aromatic N) is 4. The van der Waals surface area contributed by atoms with E-state index in [-0.39, 0.29) is 13.5 Å². The van der Waals surface area contributed by atoms with Crippen LogP contribution in [0.2, 0.25) is 0 Å². The van der Waals surface area contributed by atoms with Gasteiger partial charge < -0.3 is 19.3 Å². The molecule has 4 rings (SSSR count). The van der Waals surface area contributed by atoms with Gasteiger partial charge in [-0.1, -0.05) is 7.43 Å². The van der Waals surface area contributed by atoms with E-state index in [0.29, 0.717) is 23.9 Å². The molecular formula is C21H34N4O3. The number of likely N-dealkylation sites (tertiary alicyclic amines) is 1. The predicted molar refractivity (Wildman–Crippen MR) is 110 cm³/mol. The first-order valence-corrected chi connectivity index (χ1v) is 10.0. The maximum Gasteiger partial charge on any atom is 0.409 e. The molecule has 2 aliphatic heterocycles. The number of methoxy groups -OCH3 is 1. The highest BCUT2D eigenvalue weighted by Crippen LogP contribution is 2.47. The van der Waals surface area contributed by atoms with Gasteiger partial charge >= 0.3 is 6.09 Å². The van der Waals surface area contributed by atoms with Crippen LogP contribution in [-0.2, 0) is 4.74 Å². The smallest absolute Gasteiger partial charge is 0.409 e. The van der Waals surface area contributed by atoms with Crippen molar-refractivity contribution in [3.8, 4) is 5.88 Å². The topological polar surface area (TPSA) is 58.1 Å². The van der Waals surface area contributed by atoms with E-state index in [0.717, 1.165) is 45.0 Å². The number of hydrogen-bond acceptors (Lipinski definition) is 6. The minimum Gasteiger partial charge on any atom is -0.480 e. The minimum atomic E-state index is -0.148. The molecular weight excluding hydrogens is 356 g/mol. The Morgan fingerprint density at radius 1 is 1.29 bits per heavy atom. The largest absolute Gasteiger partial charge is 0.480 e. The number of rotatable bonds is 4. The molecule has 0 radical (unpaired) electrons. The van der Waals surface area contributed by atoms with Crippen LogP contribution < -0.4 is 9.64 Å². The molecule has 0 bridgehead atoms. The standard InChI is InChI=1S/C20H30N4O3.CH4/c1-3-27-19(25)24-14-20(15-24)7-6-16(13-20)22-9-11-23(12-10-22)17-5-4-8-21-18(17)26-2;/h4-5,8,16H,3,6-7,9-15H2,1-2H3;1H4. The lowest BCUT2D eigenvalue weighted by atomic mass is 9.78. The van der Waals surface area contributed by atoms with E-state index in [1.54, 1.807) is 13.3 Å². The molecule has 1 saturated carbocycles. The molecule has 0 aromatic carbocycles. The van der Waals surface area contributed by atoms with E-state index in [1.807, 2.05) is 17.9 Å². The Bertz CT molecular complexity index is 669. The highest BCUT2D eigenvalue weighted by molar-refractivity contribution is 5.69. The summed E-state index contributed by atoms with van der Waals surface area (Å²) in [6.45, 7) is 8.20. The van der Waals surface area contributed by atoms with Crippen LogP contribution in [0.5, 0.6) is 5.88 Å². The number of carbonyl (C=O) groups excluding carboxylic acids is 1. The fourth-order valence-electron chi connectivity index (χ4n) is 4.99. The molecule has 0 N–H and O–H groups in total. The summed E-state index contributed by atoms with van der Waals surface area (Å²) in [6, 6.07) is 4.70. The van der Waals surface area contributed by atoms with Gasteiger partial charge in [0.2, 0.25) is 5.88 Å². The molecule has 1 aromatic heterocycles. The summed E-state index contributed by atoms with van der Waals surface area (Å²) in [7, 11) is 1.68. The lowest BCUT2D eigenvalue weighted by Crippen LogP contribution is -2.58. The van der Waals surface area contributed by atoms with Crippen molar-refractivity contribution in [3.63, 3.8) is 0 Å². The summed E-state index contributed by atoms with van der Waals surface area (Å²) >= 11 is 0. The summed E-state index contributed by atoms with van der Waals surface area (Å²) in [5, 5.41) is 0. The monoisotopic (exact) mass is 390 g/mol. The first kappa shape index (κ1) is 20.7.